The number of nitrogens with zero attached hydrogens (tertiary/aromatic N) is 1. The van der Waals surface area contributed by atoms with E-state index in [1.54, 1.807) is 19.1 Å². The van der Waals surface area contributed by atoms with Crippen molar-refractivity contribution < 1.29 is 18.7 Å². The molecule has 7 heteroatoms. The number of ether oxygens (including phenoxy) is 2. The van der Waals surface area contributed by atoms with Crippen molar-refractivity contribution in [1.29, 1.82) is 0 Å². The SMILES string of the molecule is CCOC(=O)COc1ccc(-n2cc(-c3ccc(C)o3)[nH]c2=S)cc1. The second kappa shape index (κ2) is 7.40. The molecule has 0 aliphatic heterocycles. The first kappa shape index (κ1) is 17.0. The van der Waals surface area contributed by atoms with Crippen LogP contribution in [0.4, 0.5) is 0 Å². The normalized spacial score (nSPS) is 10.6. The molecule has 0 radical (unpaired) electrons. The highest BCUT2D eigenvalue weighted by molar-refractivity contribution is 7.71. The Bertz CT molecular complexity index is 921. The Morgan fingerprint density at radius 1 is 1.24 bits per heavy atom. The first-order chi connectivity index (χ1) is 12.1. The van der Waals surface area contributed by atoms with E-state index >= 15 is 0 Å². The van der Waals surface area contributed by atoms with Crippen molar-refractivity contribution in [3.05, 3.63) is 53.1 Å². The van der Waals surface area contributed by atoms with Gasteiger partial charge in [0, 0.05) is 11.9 Å². The fourth-order valence-electron chi connectivity index (χ4n) is 2.34. The van der Waals surface area contributed by atoms with Crippen molar-refractivity contribution in [3.8, 4) is 22.9 Å². The maximum Gasteiger partial charge on any atom is 0.344 e. The van der Waals surface area contributed by atoms with E-state index in [4.69, 9.17) is 26.1 Å². The summed E-state index contributed by atoms with van der Waals surface area (Å²) in [5.41, 5.74) is 1.68. The minimum absolute atomic E-state index is 0.112. The molecule has 0 amide bonds. The quantitative estimate of drug-likeness (QED) is 0.532. The molecule has 3 rings (SSSR count). The molecule has 0 saturated carbocycles. The number of imidazole rings is 1. The van der Waals surface area contributed by atoms with Crippen LogP contribution in [-0.2, 0) is 9.53 Å². The predicted octanol–water partition coefficient (Wildman–Crippen LogP) is 4.05. The summed E-state index contributed by atoms with van der Waals surface area (Å²) < 4.78 is 18.2. The molecule has 0 fully saturated rings. The van der Waals surface area contributed by atoms with Crippen LogP contribution in [0.3, 0.4) is 0 Å². The van der Waals surface area contributed by atoms with Gasteiger partial charge in [-0.05, 0) is 62.5 Å². The fraction of sp³-hybridized carbons (Fsp3) is 0.222. The van der Waals surface area contributed by atoms with Crippen molar-refractivity contribution in [2.75, 3.05) is 13.2 Å². The summed E-state index contributed by atoms with van der Waals surface area (Å²) in [5, 5.41) is 0. The van der Waals surface area contributed by atoms with Gasteiger partial charge in [-0.25, -0.2) is 4.79 Å². The summed E-state index contributed by atoms with van der Waals surface area (Å²) in [6.45, 7) is 3.87. The van der Waals surface area contributed by atoms with Crippen LogP contribution in [0.25, 0.3) is 17.1 Å². The first-order valence-electron chi connectivity index (χ1n) is 7.84. The van der Waals surface area contributed by atoms with Crippen molar-refractivity contribution in [2.45, 2.75) is 13.8 Å². The number of esters is 1. The number of aromatic nitrogens is 2. The first-order valence-corrected chi connectivity index (χ1v) is 8.25. The van der Waals surface area contributed by atoms with Gasteiger partial charge in [0.25, 0.3) is 0 Å². The van der Waals surface area contributed by atoms with Crippen molar-refractivity contribution in [1.82, 2.24) is 9.55 Å². The van der Waals surface area contributed by atoms with E-state index in [9.17, 15) is 4.79 Å². The Morgan fingerprint density at radius 3 is 2.64 bits per heavy atom. The van der Waals surface area contributed by atoms with Gasteiger partial charge in [0.1, 0.15) is 17.2 Å². The zero-order chi connectivity index (χ0) is 17.8. The Morgan fingerprint density at radius 2 is 2.00 bits per heavy atom. The molecular weight excluding hydrogens is 340 g/mol. The summed E-state index contributed by atoms with van der Waals surface area (Å²) in [4.78, 5) is 14.4. The molecule has 25 heavy (non-hydrogen) atoms. The molecular formula is C18H18N2O4S. The van der Waals surface area contributed by atoms with Crippen molar-refractivity contribution in [3.63, 3.8) is 0 Å². The van der Waals surface area contributed by atoms with Gasteiger partial charge in [-0.3, -0.25) is 4.57 Å². The second-order valence-corrected chi connectivity index (χ2v) is 5.73. The van der Waals surface area contributed by atoms with Crippen LogP contribution in [0.2, 0.25) is 0 Å². The summed E-state index contributed by atoms with van der Waals surface area (Å²) in [7, 11) is 0. The number of nitrogens with one attached hydrogen (secondary N) is 1. The van der Waals surface area contributed by atoms with Gasteiger partial charge in [0.05, 0.1) is 6.61 Å². The van der Waals surface area contributed by atoms with Gasteiger partial charge in [-0.2, -0.15) is 0 Å². The van der Waals surface area contributed by atoms with Crippen molar-refractivity contribution >= 4 is 18.2 Å². The highest BCUT2D eigenvalue weighted by Gasteiger charge is 2.09. The number of rotatable bonds is 6. The second-order valence-electron chi connectivity index (χ2n) is 5.34. The van der Waals surface area contributed by atoms with Crippen molar-refractivity contribution in [2.24, 2.45) is 0 Å². The molecule has 0 saturated heterocycles. The van der Waals surface area contributed by atoms with E-state index in [2.05, 4.69) is 4.98 Å². The highest BCUT2D eigenvalue weighted by Crippen LogP contribution is 2.23. The molecule has 0 aliphatic carbocycles. The van der Waals surface area contributed by atoms with Crippen LogP contribution in [-0.4, -0.2) is 28.7 Å². The standard InChI is InChI=1S/C18H18N2O4S/c1-3-22-17(21)11-23-14-7-5-13(6-8-14)20-10-15(19-18(20)25)16-9-4-12(2)24-16/h4-10H,3,11H2,1-2H3,(H,19,25). The number of aromatic amines is 1. The molecule has 0 aliphatic rings. The average Bonchev–Trinajstić information content (AvgIpc) is 3.20. The minimum atomic E-state index is -0.391. The maximum atomic E-state index is 11.3. The molecule has 1 N–H and O–H groups in total. The zero-order valence-electron chi connectivity index (χ0n) is 13.9. The number of benzene rings is 1. The number of H-pyrrole nitrogens is 1. The molecule has 3 aromatic rings. The summed E-state index contributed by atoms with van der Waals surface area (Å²) in [6, 6.07) is 11.1. The molecule has 0 bridgehead atoms. The number of carbonyl (C=O) groups is 1. The lowest BCUT2D eigenvalue weighted by Gasteiger charge is -2.07. The van der Waals surface area contributed by atoms with Crippen LogP contribution in [0.1, 0.15) is 12.7 Å². The lowest BCUT2D eigenvalue weighted by molar-refractivity contribution is -0.145. The minimum Gasteiger partial charge on any atom is -0.482 e. The van der Waals surface area contributed by atoms with Crippen LogP contribution in [0.15, 0.2) is 47.0 Å². The molecule has 2 heterocycles. The number of aryl methyl sites for hydroxylation is 1. The molecule has 2 aromatic heterocycles. The number of hydrogen-bond donors (Lipinski definition) is 1. The summed E-state index contributed by atoms with van der Waals surface area (Å²) in [5.74, 6) is 1.76. The van der Waals surface area contributed by atoms with Gasteiger partial charge in [0.2, 0.25) is 0 Å². The van der Waals surface area contributed by atoms with E-state index in [0.29, 0.717) is 17.1 Å². The van der Waals surface area contributed by atoms with Gasteiger partial charge < -0.3 is 18.9 Å². The monoisotopic (exact) mass is 358 g/mol. The van der Waals surface area contributed by atoms with Crippen LogP contribution in [0, 0.1) is 11.7 Å². The number of hydrogen-bond acceptors (Lipinski definition) is 5. The smallest absolute Gasteiger partial charge is 0.344 e. The lowest BCUT2D eigenvalue weighted by atomic mass is 10.3. The topological polar surface area (TPSA) is 69.4 Å². The lowest BCUT2D eigenvalue weighted by Crippen LogP contribution is -2.14. The Balaban J connectivity index is 1.75. The van der Waals surface area contributed by atoms with Gasteiger partial charge in [-0.1, -0.05) is 0 Å². The van der Waals surface area contributed by atoms with E-state index < -0.39 is 5.97 Å². The Labute approximate surface area is 150 Å². The molecule has 130 valence electrons. The molecule has 0 unspecified atom stereocenters. The molecule has 0 atom stereocenters. The summed E-state index contributed by atoms with van der Waals surface area (Å²) >= 11 is 5.38. The predicted molar refractivity (Wildman–Crippen MR) is 95.5 cm³/mol. The summed E-state index contributed by atoms with van der Waals surface area (Å²) in [6.07, 6.45) is 1.88. The number of carbonyl (C=O) groups excluding carboxylic acids is 1. The van der Waals surface area contributed by atoms with Crippen LogP contribution in [0.5, 0.6) is 5.75 Å². The largest absolute Gasteiger partial charge is 0.482 e. The van der Waals surface area contributed by atoms with Gasteiger partial charge in [0.15, 0.2) is 17.1 Å². The fourth-order valence-corrected chi connectivity index (χ4v) is 2.61. The third kappa shape index (κ3) is 4.00. The average molecular weight is 358 g/mol. The van der Waals surface area contributed by atoms with Crippen LogP contribution < -0.4 is 4.74 Å². The molecule has 0 spiro atoms. The Kier molecular flexibility index (Phi) is 5.04. The van der Waals surface area contributed by atoms with Gasteiger partial charge in [-0.15, -0.1) is 0 Å². The molecule has 1 aromatic carbocycles. The van der Waals surface area contributed by atoms with E-state index in [1.807, 2.05) is 42.0 Å². The van der Waals surface area contributed by atoms with Crippen LogP contribution >= 0.6 is 12.2 Å². The Hall–Kier alpha value is -2.80. The third-order valence-corrected chi connectivity index (χ3v) is 3.80. The zero-order valence-corrected chi connectivity index (χ0v) is 14.8. The van der Waals surface area contributed by atoms with E-state index in [1.165, 1.54) is 0 Å². The maximum absolute atomic E-state index is 11.3. The molecule has 6 nitrogen and oxygen atoms in total. The number of furan rings is 1. The highest BCUT2D eigenvalue weighted by atomic mass is 32.1. The third-order valence-electron chi connectivity index (χ3n) is 3.50. The van der Waals surface area contributed by atoms with Gasteiger partial charge >= 0.3 is 5.97 Å². The van der Waals surface area contributed by atoms with E-state index in [0.717, 1.165) is 22.9 Å². The van der Waals surface area contributed by atoms with E-state index in [-0.39, 0.29) is 6.61 Å².